The molecule has 4 nitrogen and oxygen atoms in total. The molecule has 0 aromatic heterocycles. The zero-order chi connectivity index (χ0) is 12.7. The quantitative estimate of drug-likeness (QED) is 0.481. The zero-order valence-corrected chi connectivity index (χ0v) is 12.8. The fourth-order valence-electron chi connectivity index (χ4n) is 1.57. The molecule has 0 fully saturated rings. The van der Waals surface area contributed by atoms with Gasteiger partial charge in [-0.1, -0.05) is 41.5 Å². The predicted molar refractivity (Wildman–Crippen MR) is 74.2 cm³/mol. The van der Waals surface area contributed by atoms with Crippen molar-refractivity contribution < 1.29 is 0 Å². The highest BCUT2D eigenvalue weighted by Gasteiger charge is 2.33. The third-order valence-corrected chi connectivity index (χ3v) is 5.57. The van der Waals surface area contributed by atoms with Crippen LogP contribution >= 0.6 is 0 Å². The standard InChI is InChI=1S/C11H30N4Si/c1-7-12-16(13-8-2,14-9-3)15-10-11(4,5)6/h12-15H,7-10H2,1-6H3. The van der Waals surface area contributed by atoms with Crippen LogP contribution in [0.1, 0.15) is 41.5 Å². The van der Waals surface area contributed by atoms with Crippen LogP contribution in [0, 0.1) is 5.41 Å². The zero-order valence-electron chi connectivity index (χ0n) is 11.8. The smallest absolute Gasteiger partial charge is 0.301 e. The van der Waals surface area contributed by atoms with Crippen molar-refractivity contribution in [3.05, 3.63) is 0 Å². The van der Waals surface area contributed by atoms with E-state index >= 15 is 0 Å². The third-order valence-electron chi connectivity index (χ3n) is 2.21. The lowest BCUT2D eigenvalue weighted by atomic mass is 9.98. The molecular formula is C11H30N4Si. The van der Waals surface area contributed by atoms with E-state index in [0.717, 1.165) is 26.2 Å². The van der Waals surface area contributed by atoms with E-state index in [4.69, 9.17) is 0 Å². The Morgan fingerprint density at radius 3 is 1.38 bits per heavy atom. The van der Waals surface area contributed by atoms with Crippen LogP contribution in [0.5, 0.6) is 0 Å². The molecule has 98 valence electrons. The van der Waals surface area contributed by atoms with Gasteiger partial charge in [0.25, 0.3) is 0 Å². The Labute approximate surface area is 102 Å². The highest BCUT2D eigenvalue weighted by molar-refractivity contribution is 6.70. The monoisotopic (exact) mass is 246 g/mol. The first-order valence-electron chi connectivity index (χ1n) is 6.39. The lowest BCUT2D eigenvalue weighted by Crippen LogP contribution is -2.81. The second-order valence-corrected chi connectivity index (χ2v) is 8.17. The van der Waals surface area contributed by atoms with E-state index in [1.165, 1.54) is 0 Å². The lowest BCUT2D eigenvalue weighted by Gasteiger charge is -2.35. The molecule has 0 aromatic rings. The largest absolute Gasteiger partial charge is 0.365 e. The molecule has 0 saturated carbocycles. The Bertz CT molecular complexity index is 162. The lowest BCUT2D eigenvalue weighted by molar-refractivity contribution is 0.402. The Hall–Kier alpha value is 0.0569. The van der Waals surface area contributed by atoms with Gasteiger partial charge in [-0.05, 0) is 31.6 Å². The maximum absolute atomic E-state index is 3.68. The predicted octanol–water partition coefficient (Wildman–Crippen LogP) is 0.886. The topological polar surface area (TPSA) is 48.1 Å². The summed E-state index contributed by atoms with van der Waals surface area (Å²) in [6.07, 6.45) is 0. The van der Waals surface area contributed by atoms with Crippen molar-refractivity contribution in [2.24, 2.45) is 5.41 Å². The Morgan fingerprint density at radius 2 is 1.12 bits per heavy atom. The molecule has 0 saturated heterocycles. The van der Waals surface area contributed by atoms with Crippen LogP contribution in [0.15, 0.2) is 0 Å². The van der Waals surface area contributed by atoms with E-state index in [0.29, 0.717) is 5.41 Å². The van der Waals surface area contributed by atoms with Gasteiger partial charge in [-0.3, -0.25) is 0 Å². The van der Waals surface area contributed by atoms with Crippen LogP contribution in [0.4, 0.5) is 0 Å². The van der Waals surface area contributed by atoms with Crippen molar-refractivity contribution in [3.8, 4) is 0 Å². The van der Waals surface area contributed by atoms with Crippen LogP contribution in [0.25, 0.3) is 0 Å². The molecule has 0 unspecified atom stereocenters. The molecule has 0 rings (SSSR count). The third kappa shape index (κ3) is 6.60. The SMILES string of the molecule is CCN[Si](NCC)(NCC)NCC(C)(C)C. The Morgan fingerprint density at radius 1 is 0.750 bits per heavy atom. The van der Waals surface area contributed by atoms with E-state index in [-0.39, 0.29) is 0 Å². The molecule has 0 atom stereocenters. The van der Waals surface area contributed by atoms with E-state index in [2.05, 4.69) is 61.5 Å². The second kappa shape index (κ2) is 7.40. The number of hydrogen-bond donors (Lipinski definition) is 4. The van der Waals surface area contributed by atoms with Crippen LogP contribution in [0.3, 0.4) is 0 Å². The molecule has 16 heavy (non-hydrogen) atoms. The van der Waals surface area contributed by atoms with Crippen LogP contribution in [0.2, 0.25) is 0 Å². The van der Waals surface area contributed by atoms with Gasteiger partial charge in [0.05, 0.1) is 0 Å². The minimum absolute atomic E-state index is 0.304. The highest BCUT2D eigenvalue weighted by Crippen LogP contribution is 2.10. The van der Waals surface area contributed by atoms with Crippen molar-refractivity contribution >= 4 is 8.72 Å². The fourth-order valence-corrected chi connectivity index (χ4v) is 4.70. The highest BCUT2D eigenvalue weighted by atomic mass is 28.4. The van der Waals surface area contributed by atoms with Gasteiger partial charge in [0.15, 0.2) is 0 Å². The second-order valence-electron chi connectivity index (χ2n) is 5.26. The molecule has 0 bridgehead atoms. The van der Waals surface area contributed by atoms with Gasteiger partial charge in [0, 0.05) is 0 Å². The summed E-state index contributed by atoms with van der Waals surface area (Å²) in [5, 5.41) is 0. The maximum atomic E-state index is 3.68. The first-order chi connectivity index (χ1) is 7.39. The van der Waals surface area contributed by atoms with Gasteiger partial charge >= 0.3 is 8.72 Å². The van der Waals surface area contributed by atoms with Crippen LogP contribution < -0.4 is 19.9 Å². The van der Waals surface area contributed by atoms with Crippen molar-refractivity contribution in [2.75, 3.05) is 26.2 Å². The summed E-state index contributed by atoms with van der Waals surface area (Å²) in [4.78, 5) is 14.4. The van der Waals surface area contributed by atoms with Gasteiger partial charge in [-0.15, -0.1) is 0 Å². The summed E-state index contributed by atoms with van der Waals surface area (Å²) in [7, 11) is -1.91. The normalized spacial score (nSPS) is 13.1. The fraction of sp³-hybridized carbons (Fsp3) is 1.00. The van der Waals surface area contributed by atoms with Crippen molar-refractivity contribution in [2.45, 2.75) is 41.5 Å². The molecule has 0 amide bonds. The molecule has 0 aromatic carbocycles. The molecule has 0 aliphatic carbocycles. The summed E-state index contributed by atoms with van der Waals surface area (Å²) in [6, 6.07) is 0. The van der Waals surface area contributed by atoms with Gasteiger partial charge in [0.1, 0.15) is 0 Å². The molecular weight excluding hydrogens is 216 g/mol. The number of rotatable bonds is 8. The van der Waals surface area contributed by atoms with Crippen LogP contribution in [-0.2, 0) is 0 Å². The van der Waals surface area contributed by atoms with Gasteiger partial charge in [0.2, 0.25) is 0 Å². The van der Waals surface area contributed by atoms with E-state index in [9.17, 15) is 0 Å². The maximum Gasteiger partial charge on any atom is 0.365 e. The average Bonchev–Trinajstić information content (AvgIpc) is 2.15. The molecule has 0 spiro atoms. The van der Waals surface area contributed by atoms with Gasteiger partial charge in [-0.25, -0.2) is 0 Å². The minimum atomic E-state index is -1.91. The summed E-state index contributed by atoms with van der Waals surface area (Å²) < 4.78 is 0. The van der Waals surface area contributed by atoms with Crippen LogP contribution in [-0.4, -0.2) is 34.9 Å². The molecule has 5 heteroatoms. The van der Waals surface area contributed by atoms with Crippen molar-refractivity contribution in [1.29, 1.82) is 0 Å². The number of hydrogen-bond acceptors (Lipinski definition) is 4. The Kier molecular flexibility index (Phi) is 7.42. The molecule has 4 N–H and O–H groups in total. The van der Waals surface area contributed by atoms with Crippen molar-refractivity contribution in [3.63, 3.8) is 0 Å². The first kappa shape index (κ1) is 16.1. The first-order valence-corrected chi connectivity index (χ1v) is 8.39. The van der Waals surface area contributed by atoms with E-state index < -0.39 is 8.72 Å². The summed E-state index contributed by atoms with van der Waals surface area (Å²) >= 11 is 0. The van der Waals surface area contributed by atoms with E-state index in [1.54, 1.807) is 0 Å². The van der Waals surface area contributed by atoms with Gasteiger partial charge < -0.3 is 19.9 Å². The molecule has 0 aliphatic heterocycles. The molecule has 0 radical (unpaired) electrons. The molecule has 0 aliphatic rings. The average molecular weight is 246 g/mol. The van der Waals surface area contributed by atoms with Gasteiger partial charge in [-0.2, -0.15) is 0 Å². The Balaban J connectivity index is 4.46. The summed E-state index contributed by atoms with van der Waals surface area (Å²) in [6.45, 7) is 17.1. The van der Waals surface area contributed by atoms with E-state index in [1.807, 2.05) is 0 Å². The summed E-state index contributed by atoms with van der Waals surface area (Å²) in [5.74, 6) is 0. The number of nitrogens with one attached hydrogen (secondary N) is 4. The van der Waals surface area contributed by atoms with Crippen molar-refractivity contribution in [1.82, 2.24) is 19.9 Å². The molecule has 0 heterocycles. The minimum Gasteiger partial charge on any atom is -0.301 e. The summed E-state index contributed by atoms with van der Waals surface area (Å²) in [5.41, 5.74) is 0.304.